The molecule has 2 aromatic rings. The van der Waals surface area contributed by atoms with Crippen LogP contribution in [0.2, 0.25) is 0 Å². The van der Waals surface area contributed by atoms with E-state index in [1.807, 2.05) is 19.1 Å². The molecule has 0 N–H and O–H groups in total. The van der Waals surface area contributed by atoms with Crippen LogP contribution in [0.3, 0.4) is 0 Å². The fourth-order valence-electron chi connectivity index (χ4n) is 2.11. The summed E-state index contributed by atoms with van der Waals surface area (Å²) >= 11 is 0. The van der Waals surface area contributed by atoms with Crippen molar-refractivity contribution in [3.8, 4) is 17.5 Å². The minimum Gasteiger partial charge on any atom is -0.487 e. The highest BCUT2D eigenvalue weighted by Crippen LogP contribution is 2.23. The van der Waals surface area contributed by atoms with Crippen molar-refractivity contribution in [1.82, 2.24) is 9.55 Å². The molecule has 1 aromatic carbocycles. The van der Waals surface area contributed by atoms with E-state index >= 15 is 0 Å². The highest BCUT2D eigenvalue weighted by atomic mass is 16.5. The number of nitriles is 1. The van der Waals surface area contributed by atoms with Crippen molar-refractivity contribution in [3.63, 3.8) is 0 Å². The predicted molar refractivity (Wildman–Crippen MR) is 90.8 cm³/mol. The Labute approximate surface area is 144 Å². The van der Waals surface area contributed by atoms with Crippen molar-refractivity contribution in [3.05, 3.63) is 64.4 Å². The van der Waals surface area contributed by atoms with Gasteiger partial charge in [-0.05, 0) is 37.6 Å². The maximum absolute atomic E-state index is 12.6. The molecule has 1 aromatic heterocycles. The summed E-state index contributed by atoms with van der Waals surface area (Å²) in [6.45, 7) is 3.88. The van der Waals surface area contributed by atoms with Crippen LogP contribution in [-0.2, 0) is 4.74 Å². The molecule has 128 valence electrons. The molecule has 0 spiro atoms. The van der Waals surface area contributed by atoms with Crippen LogP contribution in [0.15, 0.2) is 47.7 Å². The minimum absolute atomic E-state index is 0.153. The Hall–Kier alpha value is -3.40. The number of rotatable bonds is 6. The summed E-state index contributed by atoms with van der Waals surface area (Å²) in [6.07, 6.45) is 5.36. The lowest BCUT2D eigenvalue weighted by Gasteiger charge is -2.13. The van der Waals surface area contributed by atoms with Gasteiger partial charge in [0.2, 0.25) is 0 Å². The molecule has 0 atom stereocenters. The second-order valence-electron chi connectivity index (χ2n) is 5.02. The van der Waals surface area contributed by atoms with E-state index in [4.69, 9.17) is 14.7 Å². The van der Waals surface area contributed by atoms with E-state index in [0.29, 0.717) is 11.4 Å². The Bertz CT molecular complexity index is 894. The maximum Gasteiger partial charge on any atom is 0.345 e. The van der Waals surface area contributed by atoms with Crippen molar-refractivity contribution in [2.24, 2.45) is 0 Å². The van der Waals surface area contributed by atoms with E-state index < -0.39 is 11.5 Å². The first kappa shape index (κ1) is 17.9. The Morgan fingerprint density at radius 1 is 1.44 bits per heavy atom. The number of hydrogen-bond donors (Lipinski definition) is 0. The Balaban J connectivity index is 2.46. The molecule has 2 rings (SSSR count). The normalized spacial score (nSPS) is 10.4. The second-order valence-corrected chi connectivity index (χ2v) is 5.02. The molecule has 7 heteroatoms. The van der Waals surface area contributed by atoms with Crippen molar-refractivity contribution >= 4 is 5.97 Å². The van der Waals surface area contributed by atoms with Gasteiger partial charge in [0.15, 0.2) is 0 Å². The number of aromatic nitrogens is 2. The summed E-state index contributed by atoms with van der Waals surface area (Å²) in [5.74, 6) is -0.284. The largest absolute Gasteiger partial charge is 0.487 e. The molecule has 0 aliphatic carbocycles. The van der Waals surface area contributed by atoms with E-state index in [2.05, 4.69) is 4.98 Å². The van der Waals surface area contributed by atoms with Gasteiger partial charge in [-0.1, -0.05) is 6.07 Å². The Kier molecular flexibility index (Phi) is 6.07. The Morgan fingerprint density at radius 2 is 2.24 bits per heavy atom. The molecule has 0 aliphatic heterocycles. The molecular formula is C18H17N3O4. The lowest BCUT2D eigenvalue weighted by Crippen LogP contribution is -2.27. The molecule has 0 saturated carbocycles. The van der Waals surface area contributed by atoms with Gasteiger partial charge in [-0.3, -0.25) is 9.36 Å². The van der Waals surface area contributed by atoms with Crippen LogP contribution < -0.4 is 10.3 Å². The number of aryl methyl sites for hydroxylation is 1. The van der Waals surface area contributed by atoms with Gasteiger partial charge in [0.1, 0.15) is 24.2 Å². The van der Waals surface area contributed by atoms with Gasteiger partial charge < -0.3 is 9.47 Å². The summed E-state index contributed by atoms with van der Waals surface area (Å²) in [7, 11) is 0. The fourth-order valence-corrected chi connectivity index (χ4v) is 2.11. The van der Waals surface area contributed by atoms with Gasteiger partial charge in [-0.15, -0.1) is 0 Å². The quantitative estimate of drug-likeness (QED) is 0.591. The molecule has 1 heterocycles. The summed E-state index contributed by atoms with van der Waals surface area (Å²) in [5, 5.41) is 8.51. The number of ether oxygens (including phenoxy) is 2. The number of carbonyl (C=O) groups is 1. The molecule has 0 fully saturated rings. The molecule has 0 amide bonds. The fraction of sp³-hybridized carbons (Fsp3) is 0.222. The molecule has 0 saturated heterocycles. The van der Waals surface area contributed by atoms with Gasteiger partial charge in [0.25, 0.3) is 5.56 Å². The topological polar surface area (TPSA) is 94.2 Å². The highest BCUT2D eigenvalue weighted by Gasteiger charge is 2.16. The first-order valence-corrected chi connectivity index (χ1v) is 7.60. The summed E-state index contributed by atoms with van der Waals surface area (Å²) in [6, 6.07) is 7.16. The van der Waals surface area contributed by atoms with E-state index in [9.17, 15) is 9.59 Å². The van der Waals surface area contributed by atoms with E-state index in [1.54, 1.807) is 25.1 Å². The average molecular weight is 339 g/mol. The summed E-state index contributed by atoms with van der Waals surface area (Å²) in [5.41, 5.74) is 0.681. The van der Waals surface area contributed by atoms with E-state index in [0.717, 1.165) is 5.56 Å². The number of benzene rings is 1. The molecule has 25 heavy (non-hydrogen) atoms. The first-order chi connectivity index (χ1) is 12.1. The summed E-state index contributed by atoms with van der Waals surface area (Å²) in [4.78, 5) is 28.4. The lowest BCUT2D eigenvalue weighted by atomic mass is 10.2. The highest BCUT2D eigenvalue weighted by molar-refractivity contribution is 5.88. The second kappa shape index (κ2) is 8.45. The molecule has 0 radical (unpaired) electrons. The van der Waals surface area contributed by atoms with Gasteiger partial charge >= 0.3 is 5.97 Å². The van der Waals surface area contributed by atoms with Gasteiger partial charge in [-0.2, -0.15) is 5.26 Å². The van der Waals surface area contributed by atoms with Gasteiger partial charge in [0, 0.05) is 12.3 Å². The van der Waals surface area contributed by atoms with Crippen LogP contribution in [0.4, 0.5) is 0 Å². The Morgan fingerprint density at radius 3 is 2.96 bits per heavy atom. The van der Waals surface area contributed by atoms with Crippen LogP contribution >= 0.6 is 0 Å². The molecular weight excluding hydrogens is 322 g/mol. The third-order valence-corrected chi connectivity index (χ3v) is 3.23. The van der Waals surface area contributed by atoms with Gasteiger partial charge in [-0.25, -0.2) is 9.78 Å². The maximum atomic E-state index is 12.6. The molecule has 7 nitrogen and oxygen atoms in total. The van der Waals surface area contributed by atoms with Crippen LogP contribution in [0.1, 0.15) is 22.8 Å². The number of carbonyl (C=O) groups excluding carboxylic acids is 1. The van der Waals surface area contributed by atoms with Crippen molar-refractivity contribution < 1.29 is 14.3 Å². The van der Waals surface area contributed by atoms with Crippen LogP contribution in [0.5, 0.6) is 5.75 Å². The standard InChI is InChI=1S/C18H17N3O4/c1-3-24-18(23)14-11-20-12-21(17(14)22)15-7-6-13(2)10-16(15)25-9-5-4-8-19/h4-7,10-12H,3,9H2,1-2H3/b5-4+. The summed E-state index contributed by atoms with van der Waals surface area (Å²) < 4.78 is 11.7. The van der Waals surface area contributed by atoms with Crippen LogP contribution in [0, 0.1) is 18.3 Å². The molecule has 0 bridgehead atoms. The van der Waals surface area contributed by atoms with Crippen molar-refractivity contribution in [1.29, 1.82) is 5.26 Å². The zero-order chi connectivity index (χ0) is 18.2. The number of nitrogens with zero attached hydrogens (tertiary/aromatic N) is 3. The smallest absolute Gasteiger partial charge is 0.345 e. The van der Waals surface area contributed by atoms with Crippen molar-refractivity contribution in [2.75, 3.05) is 13.2 Å². The SMILES string of the molecule is CCOC(=O)c1cncn(-c2ccc(C)cc2OC/C=C/C#N)c1=O. The molecule has 0 unspecified atom stereocenters. The number of esters is 1. The van der Waals surface area contributed by atoms with Crippen LogP contribution in [-0.4, -0.2) is 28.7 Å². The third-order valence-electron chi connectivity index (χ3n) is 3.23. The van der Waals surface area contributed by atoms with Crippen molar-refractivity contribution in [2.45, 2.75) is 13.8 Å². The van der Waals surface area contributed by atoms with Crippen LogP contribution in [0.25, 0.3) is 5.69 Å². The minimum atomic E-state index is -0.721. The lowest BCUT2D eigenvalue weighted by molar-refractivity contribution is 0.0523. The monoisotopic (exact) mass is 339 g/mol. The average Bonchev–Trinajstić information content (AvgIpc) is 2.60. The first-order valence-electron chi connectivity index (χ1n) is 7.60. The molecule has 0 aliphatic rings. The van der Waals surface area contributed by atoms with E-state index in [-0.39, 0.29) is 18.8 Å². The number of allylic oxidation sites excluding steroid dienone is 1. The van der Waals surface area contributed by atoms with E-state index in [1.165, 1.54) is 23.2 Å². The van der Waals surface area contributed by atoms with Gasteiger partial charge in [0.05, 0.1) is 18.4 Å². The predicted octanol–water partition coefficient (Wildman–Crippen LogP) is 2.18. The zero-order valence-electron chi connectivity index (χ0n) is 13.9. The third kappa shape index (κ3) is 4.32. The zero-order valence-corrected chi connectivity index (χ0v) is 13.9. The number of hydrogen-bond acceptors (Lipinski definition) is 6.